The molecule has 1 amide bonds. The lowest BCUT2D eigenvalue weighted by atomic mass is 9.74. The Morgan fingerprint density at radius 2 is 2.12 bits per heavy atom. The molecule has 0 bridgehead atoms. The highest BCUT2D eigenvalue weighted by Crippen LogP contribution is 2.37. The Balaban J connectivity index is 2.42. The molecule has 2 rings (SSSR count). The normalized spacial score (nSPS) is 28.1. The summed E-state index contributed by atoms with van der Waals surface area (Å²) in [6.45, 7) is 2.68. The number of methoxy groups -OCH3 is 1. The average Bonchev–Trinajstić information content (AvgIpc) is 2.68. The van der Waals surface area contributed by atoms with Gasteiger partial charge in [-0.2, -0.15) is 0 Å². The Labute approximate surface area is 102 Å². The molecule has 0 aromatic heterocycles. The highest BCUT2D eigenvalue weighted by atomic mass is 16.5. The molecular formula is C14H19NO2. The summed E-state index contributed by atoms with van der Waals surface area (Å²) < 4.78 is 5.37. The van der Waals surface area contributed by atoms with Crippen molar-refractivity contribution in [3.05, 3.63) is 35.9 Å². The summed E-state index contributed by atoms with van der Waals surface area (Å²) in [6.07, 6.45) is 1.44. The molecule has 0 aliphatic carbocycles. The minimum absolute atomic E-state index is 0.123. The third kappa shape index (κ3) is 2.07. The van der Waals surface area contributed by atoms with Crippen LogP contribution in [0.1, 0.15) is 25.3 Å². The van der Waals surface area contributed by atoms with Crippen molar-refractivity contribution < 1.29 is 9.53 Å². The Bertz CT molecular complexity index is 390. The smallest absolute Gasteiger partial charge is 0.221 e. The highest BCUT2D eigenvalue weighted by Gasteiger charge is 2.47. The second-order valence-corrected chi connectivity index (χ2v) is 4.66. The molecule has 1 N–H and O–H groups in total. The molecule has 2 unspecified atom stereocenters. The molecule has 0 saturated carbocycles. The van der Waals surface area contributed by atoms with Gasteiger partial charge in [0.2, 0.25) is 5.91 Å². The van der Waals surface area contributed by atoms with Gasteiger partial charge in [-0.3, -0.25) is 4.79 Å². The van der Waals surface area contributed by atoms with Crippen LogP contribution in [0, 0.1) is 0 Å². The summed E-state index contributed by atoms with van der Waals surface area (Å²) in [4.78, 5) is 11.7. The van der Waals surface area contributed by atoms with Crippen molar-refractivity contribution in [2.24, 2.45) is 0 Å². The van der Waals surface area contributed by atoms with E-state index in [2.05, 4.69) is 24.4 Å². The fourth-order valence-electron chi connectivity index (χ4n) is 2.85. The van der Waals surface area contributed by atoms with E-state index in [-0.39, 0.29) is 17.4 Å². The molecule has 0 spiro atoms. The predicted octanol–water partition coefficient (Wildman–Crippen LogP) is 1.87. The Morgan fingerprint density at radius 1 is 1.41 bits per heavy atom. The molecule has 0 radical (unpaired) electrons. The third-order valence-corrected chi connectivity index (χ3v) is 3.64. The van der Waals surface area contributed by atoms with E-state index in [0.29, 0.717) is 13.0 Å². The number of ether oxygens (including phenoxy) is 1. The average molecular weight is 233 g/mol. The van der Waals surface area contributed by atoms with Crippen molar-refractivity contribution >= 4 is 5.91 Å². The van der Waals surface area contributed by atoms with Gasteiger partial charge < -0.3 is 10.1 Å². The van der Waals surface area contributed by atoms with Crippen LogP contribution < -0.4 is 5.32 Å². The van der Waals surface area contributed by atoms with Crippen LogP contribution in [0.2, 0.25) is 0 Å². The van der Waals surface area contributed by atoms with Gasteiger partial charge in [-0.1, -0.05) is 37.3 Å². The van der Waals surface area contributed by atoms with Crippen molar-refractivity contribution in [1.82, 2.24) is 5.32 Å². The zero-order chi connectivity index (χ0) is 12.3. The number of rotatable bonds is 4. The lowest BCUT2D eigenvalue weighted by Gasteiger charge is -2.33. The van der Waals surface area contributed by atoms with E-state index >= 15 is 0 Å². The summed E-state index contributed by atoms with van der Waals surface area (Å²) in [5.41, 5.74) is 0.981. The fourth-order valence-corrected chi connectivity index (χ4v) is 2.85. The lowest BCUT2D eigenvalue weighted by Crippen LogP contribution is -2.43. The molecule has 1 aliphatic rings. The molecule has 1 heterocycles. The van der Waals surface area contributed by atoms with E-state index in [1.807, 2.05) is 18.2 Å². The van der Waals surface area contributed by atoms with Gasteiger partial charge in [-0.05, 0) is 12.0 Å². The molecule has 2 atom stereocenters. The van der Waals surface area contributed by atoms with E-state index in [1.54, 1.807) is 7.11 Å². The van der Waals surface area contributed by atoms with Crippen LogP contribution in [0.5, 0.6) is 0 Å². The molecule has 1 aliphatic heterocycles. The van der Waals surface area contributed by atoms with E-state index in [9.17, 15) is 4.79 Å². The molecular weight excluding hydrogens is 214 g/mol. The van der Waals surface area contributed by atoms with Crippen molar-refractivity contribution in [2.75, 3.05) is 13.7 Å². The van der Waals surface area contributed by atoms with Crippen LogP contribution in [0.15, 0.2) is 30.3 Å². The molecule has 3 nitrogen and oxygen atoms in total. The number of hydrogen-bond acceptors (Lipinski definition) is 2. The van der Waals surface area contributed by atoms with Gasteiger partial charge in [0.15, 0.2) is 0 Å². The zero-order valence-electron chi connectivity index (χ0n) is 10.4. The standard InChI is InChI=1S/C14H19NO2/c1-3-12-14(10-17-2,9-13(16)15-12)11-7-5-4-6-8-11/h4-8,12H,3,9-10H2,1-2H3,(H,15,16). The van der Waals surface area contributed by atoms with Crippen LogP contribution in [-0.4, -0.2) is 25.7 Å². The highest BCUT2D eigenvalue weighted by molar-refractivity contribution is 5.81. The van der Waals surface area contributed by atoms with Crippen LogP contribution >= 0.6 is 0 Å². The summed E-state index contributed by atoms with van der Waals surface area (Å²) in [5.74, 6) is 0.123. The molecule has 1 aromatic carbocycles. The molecule has 17 heavy (non-hydrogen) atoms. The first-order chi connectivity index (χ1) is 8.23. The van der Waals surface area contributed by atoms with Gasteiger partial charge in [0.1, 0.15) is 0 Å². The first kappa shape index (κ1) is 12.1. The van der Waals surface area contributed by atoms with Gasteiger partial charge in [-0.15, -0.1) is 0 Å². The second kappa shape index (κ2) is 4.88. The Morgan fingerprint density at radius 3 is 2.71 bits per heavy atom. The third-order valence-electron chi connectivity index (χ3n) is 3.64. The summed E-state index contributed by atoms with van der Waals surface area (Å²) in [5, 5.41) is 3.06. The minimum atomic E-state index is -0.207. The van der Waals surface area contributed by atoms with Crippen LogP contribution in [0.3, 0.4) is 0 Å². The van der Waals surface area contributed by atoms with Crippen molar-refractivity contribution in [2.45, 2.75) is 31.2 Å². The minimum Gasteiger partial charge on any atom is -0.384 e. The largest absolute Gasteiger partial charge is 0.384 e. The van der Waals surface area contributed by atoms with Crippen molar-refractivity contribution in [3.8, 4) is 0 Å². The molecule has 1 saturated heterocycles. The van der Waals surface area contributed by atoms with E-state index in [1.165, 1.54) is 5.56 Å². The first-order valence-corrected chi connectivity index (χ1v) is 6.07. The van der Waals surface area contributed by atoms with Gasteiger partial charge in [0, 0.05) is 25.0 Å². The number of carbonyl (C=O) groups is 1. The molecule has 1 aromatic rings. The molecule has 3 heteroatoms. The quantitative estimate of drug-likeness (QED) is 0.862. The van der Waals surface area contributed by atoms with Gasteiger partial charge in [0.05, 0.1) is 6.61 Å². The van der Waals surface area contributed by atoms with E-state index in [4.69, 9.17) is 4.74 Å². The van der Waals surface area contributed by atoms with Crippen molar-refractivity contribution in [1.29, 1.82) is 0 Å². The van der Waals surface area contributed by atoms with Gasteiger partial charge in [0.25, 0.3) is 0 Å². The Hall–Kier alpha value is -1.35. The molecule has 92 valence electrons. The van der Waals surface area contributed by atoms with Crippen LogP contribution in [-0.2, 0) is 14.9 Å². The molecule has 1 fully saturated rings. The maximum Gasteiger partial charge on any atom is 0.221 e. The maximum absolute atomic E-state index is 11.7. The van der Waals surface area contributed by atoms with Gasteiger partial charge >= 0.3 is 0 Å². The maximum atomic E-state index is 11.7. The zero-order valence-corrected chi connectivity index (χ0v) is 10.4. The summed E-state index contributed by atoms with van der Waals surface area (Å²) >= 11 is 0. The van der Waals surface area contributed by atoms with Crippen LogP contribution in [0.25, 0.3) is 0 Å². The lowest BCUT2D eigenvalue weighted by molar-refractivity contribution is -0.119. The number of amides is 1. The fraction of sp³-hybridized carbons (Fsp3) is 0.500. The number of carbonyl (C=O) groups excluding carboxylic acids is 1. The van der Waals surface area contributed by atoms with Crippen LogP contribution in [0.4, 0.5) is 0 Å². The van der Waals surface area contributed by atoms with E-state index in [0.717, 1.165) is 6.42 Å². The summed E-state index contributed by atoms with van der Waals surface area (Å²) in [6, 6.07) is 10.4. The predicted molar refractivity (Wildman–Crippen MR) is 66.8 cm³/mol. The number of benzene rings is 1. The van der Waals surface area contributed by atoms with E-state index < -0.39 is 0 Å². The number of hydrogen-bond donors (Lipinski definition) is 1. The van der Waals surface area contributed by atoms with Crippen molar-refractivity contribution in [3.63, 3.8) is 0 Å². The first-order valence-electron chi connectivity index (χ1n) is 6.07. The Kier molecular flexibility index (Phi) is 3.48. The topological polar surface area (TPSA) is 38.3 Å². The monoisotopic (exact) mass is 233 g/mol. The second-order valence-electron chi connectivity index (χ2n) is 4.66. The SMILES string of the molecule is CCC1NC(=O)CC1(COC)c1ccccc1. The number of nitrogens with one attached hydrogen (secondary N) is 1. The van der Waals surface area contributed by atoms with Gasteiger partial charge in [-0.25, -0.2) is 0 Å². The summed E-state index contributed by atoms with van der Waals surface area (Å²) in [7, 11) is 1.69.